The molecule has 9 rings (SSSR count). The maximum absolute atomic E-state index is 16.3. The van der Waals surface area contributed by atoms with E-state index in [1.807, 2.05) is 84.9 Å². The zero-order chi connectivity index (χ0) is 36.6. The molecule has 2 aliphatic carbocycles. The van der Waals surface area contributed by atoms with Crippen molar-refractivity contribution < 1.29 is 43.3 Å². The van der Waals surface area contributed by atoms with Crippen molar-refractivity contribution in [3.05, 3.63) is 131 Å². The fourth-order valence-electron chi connectivity index (χ4n) is 11.0. The van der Waals surface area contributed by atoms with Crippen molar-refractivity contribution in [3.63, 3.8) is 0 Å². The third kappa shape index (κ3) is 4.39. The molecule has 6 unspecified atom stereocenters. The van der Waals surface area contributed by atoms with E-state index in [0.29, 0.717) is 6.42 Å². The van der Waals surface area contributed by atoms with Gasteiger partial charge < -0.3 is 18.9 Å². The molecule has 0 aromatic heterocycles. The lowest BCUT2D eigenvalue weighted by atomic mass is 9.52. The molecule has 10 nitrogen and oxygen atoms in total. The van der Waals surface area contributed by atoms with Gasteiger partial charge in [-0.1, -0.05) is 109 Å². The van der Waals surface area contributed by atoms with E-state index in [-0.39, 0.29) is 0 Å². The Kier molecular flexibility index (Phi) is 7.69. The molecule has 0 N–H and O–H groups in total. The molecular formula is C43H36NO9. The van der Waals surface area contributed by atoms with E-state index in [0.717, 1.165) is 43.8 Å². The standard InChI is InChI=1S/C43H36NO9/c1-24(45)50-22-52-40(47)34-32-21-33(35(34)41(48)53-23-51-25(2)46)39-38(32)42(26-13-5-3-6-14-26)36-30-19-11-9-17-28(30)29-18-10-12-20-31(29)37(36)43(39,44(42)49)27-15-7-4-8-16-27/h3-20,32-35,38-39H,21-23H2,1-2H3/t32?,33?,34-,35-,38?,39?,42?,43?/m1/s1. The Balaban J connectivity index is 1.35. The molecule has 2 saturated carbocycles. The van der Waals surface area contributed by atoms with Crippen LogP contribution in [0.15, 0.2) is 109 Å². The van der Waals surface area contributed by atoms with Gasteiger partial charge in [0.1, 0.15) is 11.1 Å². The summed E-state index contributed by atoms with van der Waals surface area (Å²) in [5.41, 5.74) is 0.868. The van der Waals surface area contributed by atoms with Crippen molar-refractivity contribution >= 4 is 45.4 Å². The maximum atomic E-state index is 16.3. The van der Waals surface area contributed by atoms with E-state index in [1.165, 1.54) is 18.9 Å². The van der Waals surface area contributed by atoms with Gasteiger partial charge in [-0.05, 0) is 73.9 Å². The third-order valence-electron chi connectivity index (χ3n) is 12.4. The smallest absolute Gasteiger partial charge is 0.312 e. The van der Waals surface area contributed by atoms with Crippen molar-refractivity contribution in [2.75, 3.05) is 13.6 Å². The van der Waals surface area contributed by atoms with Crippen LogP contribution in [-0.2, 0) is 54.4 Å². The lowest BCUT2D eigenvalue weighted by molar-refractivity contribution is -0.246. The Bertz CT molecular complexity index is 2150. The molecule has 5 aromatic carbocycles. The van der Waals surface area contributed by atoms with Crippen molar-refractivity contribution in [3.8, 4) is 0 Å². The van der Waals surface area contributed by atoms with Gasteiger partial charge in [0.15, 0.2) is 0 Å². The quantitative estimate of drug-likeness (QED) is 0.102. The topological polar surface area (TPSA) is 128 Å². The lowest BCUT2D eigenvalue weighted by Crippen LogP contribution is -2.52. The van der Waals surface area contributed by atoms with Crippen LogP contribution >= 0.6 is 0 Å². The summed E-state index contributed by atoms with van der Waals surface area (Å²) in [5.74, 6) is -6.66. The Hall–Kier alpha value is -5.58. The van der Waals surface area contributed by atoms with Crippen molar-refractivity contribution in [2.45, 2.75) is 31.3 Å². The molecule has 8 atom stereocenters. The zero-order valence-electron chi connectivity index (χ0n) is 29.1. The highest BCUT2D eigenvalue weighted by molar-refractivity contribution is 6.13. The number of carbonyl (C=O) groups excluding carboxylic acids is 4. The summed E-state index contributed by atoms with van der Waals surface area (Å²) in [6.07, 6.45) is 0.441. The van der Waals surface area contributed by atoms with E-state index >= 15 is 5.21 Å². The predicted octanol–water partition coefficient (Wildman–Crippen LogP) is 6.40. The summed E-state index contributed by atoms with van der Waals surface area (Å²) in [6, 6.07) is 35.9. The molecule has 3 fully saturated rings. The number of benzene rings is 5. The number of hydroxylamine groups is 2. The van der Waals surface area contributed by atoms with Crippen LogP contribution < -0.4 is 0 Å². The Morgan fingerprint density at radius 2 is 0.906 bits per heavy atom. The van der Waals surface area contributed by atoms with Gasteiger partial charge in [-0.3, -0.25) is 19.2 Å². The largest absolute Gasteiger partial charge is 0.428 e. The molecule has 4 bridgehead atoms. The monoisotopic (exact) mass is 710 g/mol. The maximum Gasteiger partial charge on any atom is 0.312 e. The Morgan fingerprint density at radius 3 is 1.28 bits per heavy atom. The first-order valence-electron chi connectivity index (χ1n) is 17.9. The van der Waals surface area contributed by atoms with Crippen molar-refractivity contribution in [1.29, 1.82) is 0 Å². The molecule has 0 amide bonds. The second-order valence-electron chi connectivity index (χ2n) is 14.5. The van der Waals surface area contributed by atoms with E-state index < -0.39 is 84.0 Å². The summed E-state index contributed by atoms with van der Waals surface area (Å²) < 4.78 is 21.0. The van der Waals surface area contributed by atoms with Crippen LogP contribution in [0.25, 0.3) is 21.5 Å². The van der Waals surface area contributed by atoms with Gasteiger partial charge in [0.25, 0.3) is 0 Å². The lowest BCUT2D eigenvalue weighted by Gasteiger charge is -2.48. The minimum atomic E-state index is -1.28. The van der Waals surface area contributed by atoms with Crippen LogP contribution in [0, 0.1) is 35.5 Å². The Morgan fingerprint density at radius 1 is 0.547 bits per heavy atom. The molecule has 10 heteroatoms. The number of rotatable bonds is 8. The van der Waals surface area contributed by atoms with Crippen molar-refractivity contribution in [1.82, 2.24) is 5.06 Å². The molecule has 1 saturated heterocycles. The normalized spacial score (nSPS) is 29.1. The van der Waals surface area contributed by atoms with Crippen LogP contribution in [-0.4, -0.2) is 42.5 Å². The highest BCUT2D eigenvalue weighted by Gasteiger charge is 2.84. The summed E-state index contributed by atoms with van der Waals surface area (Å²) in [5, 5.41) is 21.6. The highest BCUT2D eigenvalue weighted by atomic mass is 16.7. The molecular weight excluding hydrogens is 674 g/mol. The van der Waals surface area contributed by atoms with Crippen LogP contribution in [0.5, 0.6) is 0 Å². The molecule has 53 heavy (non-hydrogen) atoms. The SMILES string of the molecule is CC(=O)OCOC(=O)[C@@H]1C2CC(C3C2C2(c4ccccc4)c4c(c5ccccc5c5ccccc45)C3(c3ccccc3)N2[O])[C@H]1C(=O)OCOC(C)=O. The minimum absolute atomic E-state index is 0.441. The summed E-state index contributed by atoms with van der Waals surface area (Å²) in [4.78, 5) is 51.6. The van der Waals surface area contributed by atoms with Gasteiger partial charge >= 0.3 is 23.9 Å². The summed E-state index contributed by atoms with van der Waals surface area (Å²) in [6.45, 7) is 1.19. The molecule has 267 valence electrons. The number of nitrogens with zero attached hydrogens (tertiary/aromatic N) is 1. The number of hydrogen-bond donors (Lipinski definition) is 0. The third-order valence-corrected chi connectivity index (χ3v) is 12.4. The van der Waals surface area contributed by atoms with E-state index in [9.17, 15) is 19.2 Å². The summed E-state index contributed by atoms with van der Waals surface area (Å²) >= 11 is 0. The van der Waals surface area contributed by atoms with E-state index in [1.54, 1.807) is 0 Å². The highest BCUT2D eigenvalue weighted by Crippen LogP contribution is 2.80. The second kappa shape index (κ2) is 12.2. The Labute approximate surface area is 305 Å². The van der Waals surface area contributed by atoms with Crippen LogP contribution in [0.2, 0.25) is 0 Å². The first-order valence-corrected chi connectivity index (χ1v) is 17.9. The second-order valence-corrected chi connectivity index (χ2v) is 14.5. The van der Waals surface area contributed by atoms with Gasteiger partial charge in [-0.15, -0.1) is 10.3 Å². The number of ether oxygens (including phenoxy) is 4. The number of fused-ring (bicyclic) bond motifs is 17. The summed E-state index contributed by atoms with van der Waals surface area (Å²) in [7, 11) is 0. The van der Waals surface area contributed by atoms with Gasteiger partial charge in [-0.2, -0.15) is 0 Å². The molecule has 2 heterocycles. The molecule has 1 radical (unpaired) electrons. The zero-order valence-corrected chi connectivity index (χ0v) is 29.1. The first kappa shape index (κ1) is 33.3. The fraction of sp³-hybridized carbons (Fsp3) is 0.302. The number of esters is 4. The van der Waals surface area contributed by atoms with E-state index in [4.69, 9.17) is 18.9 Å². The minimum Gasteiger partial charge on any atom is -0.428 e. The van der Waals surface area contributed by atoms with Gasteiger partial charge in [0, 0.05) is 13.8 Å². The molecule has 5 aromatic rings. The van der Waals surface area contributed by atoms with Crippen LogP contribution in [0.3, 0.4) is 0 Å². The van der Waals surface area contributed by atoms with Crippen molar-refractivity contribution in [2.24, 2.45) is 35.5 Å². The average Bonchev–Trinajstić information content (AvgIpc) is 3.88. The van der Waals surface area contributed by atoms with Crippen LogP contribution in [0.4, 0.5) is 0 Å². The molecule has 4 aliphatic rings. The average molecular weight is 711 g/mol. The number of hydrogen-bond acceptors (Lipinski definition) is 9. The first-order chi connectivity index (χ1) is 25.7. The van der Waals surface area contributed by atoms with Gasteiger partial charge in [0.2, 0.25) is 13.6 Å². The van der Waals surface area contributed by atoms with Gasteiger partial charge in [-0.25, -0.2) is 0 Å². The van der Waals surface area contributed by atoms with Crippen LogP contribution in [0.1, 0.15) is 42.5 Å². The predicted molar refractivity (Wildman–Crippen MR) is 189 cm³/mol. The van der Waals surface area contributed by atoms with E-state index in [2.05, 4.69) is 24.3 Å². The molecule has 0 spiro atoms. The molecule has 2 aliphatic heterocycles. The van der Waals surface area contributed by atoms with Gasteiger partial charge in [0.05, 0.1) is 11.8 Å². The fourth-order valence-corrected chi connectivity index (χ4v) is 11.0. The number of carbonyl (C=O) groups is 4.